The first kappa shape index (κ1) is 16.1. The van der Waals surface area contributed by atoms with Crippen molar-refractivity contribution in [3.63, 3.8) is 0 Å². The summed E-state index contributed by atoms with van der Waals surface area (Å²) in [4.78, 5) is 13.7. The number of rotatable bonds is 3. The molecule has 3 heteroatoms. The summed E-state index contributed by atoms with van der Waals surface area (Å²) in [5.41, 5.74) is 3.82. The van der Waals surface area contributed by atoms with E-state index in [4.69, 9.17) is 4.74 Å². The molecular weight excluding hydrogens is 298 g/mol. The molecule has 1 aliphatic rings. The van der Waals surface area contributed by atoms with Crippen molar-refractivity contribution in [1.82, 2.24) is 4.90 Å². The average molecular weight is 319 g/mol. The van der Waals surface area contributed by atoms with E-state index in [9.17, 15) is 4.79 Å². The molecule has 1 aliphatic heterocycles. The zero-order chi connectivity index (χ0) is 17.2. The van der Waals surface area contributed by atoms with E-state index in [1.807, 2.05) is 48.5 Å². The summed E-state index contributed by atoms with van der Waals surface area (Å²) in [6, 6.07) is 18.9. The van der Waals surface area contributed by atoms with E-state index in [-0.39, 0.29) is 11.5 Å². The second-order valence-electron chi connectivity index (χ2n) is 6.11. The van der Waals surface area contributed by atoms with E-state index < -0.39 is 0 Å². The van der Waals surface area contributed by atoms with Gasteiger partial charge in [0.15, 0.2) is 0 Å². The third-order valence-corrected chi connectivity index (χ3v) is 4.65. The highest BCUT2D eigenvalue weighted by Crippen LogP contribution is 2.34. The Balaban J connectivity index is 1.88. The summed E-state index contributed by atoms with van der Waals surface area (Å²) in [5.74, 6) is -0.320. The van der Waals surface area contributed by atoms with Gasteiger partial charge in [0, 0.05) is 13.2 Å². The quantitative estimate of drug-likeness (QED) is 0.797. The van der Waals surface area contributed by atoms with Gasteiger partial charge in [-0.15, -0.1) is 0 Å². The summed E-state index contributed by atoms with van der Waals surface area (Å²) in [5, 5.41) is 0. The van der Waals surface area contributed by atoms with Gasteiger partial charge in [0.25, 0.3) is 0 Å². The number of methoxy groups -OCH3 is 1. The molecule has 122 valence electrons. The Hall–Kier alpha value is -2.81. The highest BCUT2D eigenvalue weighted by atomic mass is 16.5. The lowest BCUT2D eigenvalue weighted by Gasteiger charge is -2.39. The Kier molecular flexibility index (Phi) is 4.26. The highest BCUT2D eigenvalue weighted by Gasteiger charge is 2.30. The van der Waals surface area contributed by atoms with Crippen molar-refractivity contribution in [1.29, 1.82) is 0 Å². The maximum atomic E-state index is 11.7. The van der Waals surface area contributed by atoms with Gasteiger partial charge in [0.1, 0.15) is 0 Å². The Morgan fingerprint density at radius 3 is 2.21 bits per heavy atom. The zero-order valence-electron chi connectivity index (χ0n) is 14.2. The molecule has 0 bridgehead atoms. The predicted octanol–water partition coefficient (Wildman–Crippen LogP) is 4.13. The number of benzene rings is 2. The Bertz CT molecular complexity index is 790. The normalized spacial score (nSPS) is 19.8. The molecule has 0 N–H and O–H groups in total. The SMILES string of the molecule is COC(=O)C1=CN(C)[C@@](C)(c2ccc(-c3ccccc3)cc2)C=C1. The van der Waals surface area contributed by atoms with Crippen LogP contribution in [0.1, 0.15) is 12.5 Å². The smallest absolute Gasteiger partial charge is 0.339 e. The lowest BCUT2D eigenvalue weighted by molar-refractivity contribution is -0.135. The van der Waals surface area contributed by atoms with Crippen LogP contribution in [-0.4, -0.2) is 25.0 Å². The van der Waals surface area contributed by atoms with Crippen molar-refractivity contribution in [2.45, 2.75) is 12.5 Å². The summed E-state index contributed by atoms with van der Waals surface area (Å²) >= 11 is 0. The van der Waals surface area contributed by atoms with Crippen LogP contribution in [0.5, 0.6) is 0 Å². The number of likely N-dealkylation sites (N-methyl/N-ethyl adjacent to an activating group) is 1. The number of hydrogen-bond acceptors (Lipinski definition) is 3. The van der Waals surface area contributed by atoms with Gasteiger partial charge in [0.2, 0.25) is 0 Å². The molecule has 0 aromatic heterocycles. The molecule has 2 aromatic rings. The summed E-state index contributed by atoms with van der Waals surface area (Å²) in [6.45, 7) is 2.13. The van der Waals surface area contributed by atoms with Crippen LogP contribution >= 0.6 is 0 Å². The Labute approximate surface area is 142 Å². The molecule has 0 radical (unpaired) electrons. The minimum Gasteiger partial charge on any atom is -0.465 e. The standard InChI is InChI=1S/C21H21NO2/c1-21(14-13-18(15-22(21)2)20(23)24-3)19-11-9-17(10-12-19)16-7-5-4-6-8-16/h4-15H,1-3H3/t21-/m1/s1. The molecule has 1 atom stereocenters. The second kappa shape index (κ2) is 6.36. The third kappa shape index (κ3) is 2.85. The van der Waals surface area contributed by atoms with Crippen molar-refractivity contribution in [3.8, 4) is 11.1 Å². The molecule has 24 heavy (non-hydrogen) atoms. The van der Waals surface area contributed by atoms with Crippen molar-refractivity contribution >= 4 is 5.97 Å². The summed E-state index contributed by atoms with van der Waals surface area (Å²) in [7, 11) is 3.37. The number of carbonyl (C=O) groups excluding carboxylic acids is 1. The van der Waals surface area contributed by atoms with E-state index in [1.165, 1.54) is 23.8 Å². The van der Waals surface area contributed by atoms with Crippen LogP contribution in [0.4, 0.5) is 0 Å². The van der Waals surface area contributed by atoms with Gasteiger partial charge < -0.3 is 9.64 Å². The summed E-state index contributed by atoms with van der Waals surface area (Å²) < 4.78 is 4.79. The van der Waals surface area contributed by atoms with Crippen molar-refractivity contribution < 1.29 is 9.53 Å². The molecule has 0 amide bonds. The van der Waals surface area contributed by atoms with Crippen LogP contribution in [0, 0.1) is 0 Å². The van der Waals surface area contributed by atoms with Crippen LogP contribution in [0.15, 0.2) is 78.5 Å². The molecule has 0 saturated carbocycles. The molecule has 2 aromatic carbocycles. The maximum Gasteiger partial charge on any atom is 0.339 e. The fraction of sp³-hybridized carbons (Fsp3) is 0.190. The monoisotopic (exact) mass is 319 g/mol. The van der Waals surface area contributed by atoms with Gasteiger partial charge in [-0.3, -0.25) is 0 Å². The predicted molar refractivity (Wildman–Crippen MR) is 96.2 cm³/mol. The fourth-order valence-corrected chi connectivity index (χ4v) is 2.92. The van der Waals surface area contributed by atoms with Gasteiger partial charge in [-0.05, 0) is 29.7 Å². The van der Waals surface area contributed by atoms with Gasteiger partial charge in [0.05, 0.1) is 18.2 Å². The van der Waals surface area contributed by atoms with Crippen LogP contribution in [0.2, 0.25) is 0 Å². The van der Waals surface area contributed by atoms with Crippen molar-refractivity contribution in [2.24, 2.45) is 0 Å². The number of ether oxygens (including phenoxy) is 1. The minimum absolute atomic E-state index is 0.299. The van der Waals surface area contributed by atoms with E-state index >= 15 is 0 Å². The first-order valence-electron chi connectivity index (χ1n) is 7.93. The zero-order valence-corrected chi connectivity index (χ0v) is 14.2. The Morgan fingerprint density at radius 2 is 1.62 bits per heavy atom. The third-order valence-electron chi connectivity index (χ3n) is 4.65. The molecule has 0 fully saturated rings. The minimum atomic E-state index is -0.320. The maximum absolute atomic E-state index is 11.7. The average Bonchev–Trinajstić information content (AvgIpc) is 2.64. The van der Waals surface area contributed by atoms with Crippen LogP contribution in [0.25, 0.3) is 11.1 Å². The lowest BCUT2D eigenvalue weighted by Crippen LogP contribution is -2.38. The van der Waals surface area contributed by atoms with Crippen LogP contribution < -0.4 is 0 Å². The highest BCUT2D eigenvalue weighted by molar-refractivity contribution is 5.91. The molecular formula is C21H21NO2. The van der Waals surface area contributed by atoms with Crippen LogP contribution in [0.3, 0.4) is 0 Å². The molecule has 0 spiro atoms. The molecule has 3 nitrogen and oxygen atoms in total. The summed E-state index contributed by atoms with van der Waals surface area (Å²) in [6.07, 6.45) is 5.70. The fourth-order valence-electron chi connectivity index (χ4n) is 2.92. The Morgan fingerprint density at radius 1 is 1.00 bits per heavy atom. The number of carbonyl (C=O) groups is 1. The van der Waals surface area contributed by atoms with Gasteiger partial charge in [-0.1, -0.05) is 60.7 Å². The second-order valence-corrected chi connectivity index (χ2v) is 6.11. The molecule has 0 saturated heterocycles. The first-order valence-corrected chi connectivity index (χ1v) is 7.93. The topological polar surface area (TPSA) is 29.5 Å². The molecule has 3 rings (SSSR count). The van der Waals surface area contributed by atoms with Crippen molar-refractivity contribution in [3.05, 3.63) is 84.1 Å². The lowest BCUT2D eigenvalue weighted by atomic mass is 9.86. The van der Waals surface area contributed by atoms with Crippen LogP contribution in [-0.2, 0) is 15.1 Å². The number of esters is 1. The van der Waals surface area contributed by atoms with E-state index in [1.54, 1.807) is 0 Å². The molecule has 0 unspecified atom stereocenters. The molecule has 1 heterocycles. The first-order chi connectivity index (χ1) is 11.5. The van der Waals surface area contributed by atoms with E-state index in [0.29, 0.717) is 5.57 Å². The number of hydrogen-bond donors (Lipinski definition) is 0. The number of nitrogens with zero attached hydrogens (tertiary/aromatic N) is 1. The van der Waals surface area contributed by atoms with Gasteiger partial charge in [-0.25, -0.2) is 4.79 Å². The van der Waals surface area contributed by atoms with Gasteiger partial charge >= 0.3 is 5.97 Å². The van der Waals surface area contributed by atoms with Gasteiger partial charge in [-0.2, -0.15) is 0 Å². The largest absolute Gasteiger partial charge is 0.465 e. The van der Waals surface area contributed by atoms with E-state index in [2.05, 4.69) is 43.3 Å². The van der Waals surface area contributed by atoms with E-state index in [0.717, 1.165) is 0 Å². The van der Waals surface area contributed by atoms with Crippen molar-refractivity contribution in [2.75, 3.05) is 14.2 Å². The molecule has 0 aliphatic carbocycles.